The smallest absolute Gasteiger partial charge is 0.277 e. The molecule has 8 nitrogen and oxygen atoms in total. The lowest BCUT2D eigenvalue weighted by molar-refractivity contribution is -0.113. The normalized spacial score (nSPS) is 10.5. The lowest BCUT2D eigenvalue weighted by Crippen LogP contribution is -2.13. The number of ether oxygens (including phenoxy) is 3. The predicted octanol–water partition coefficient (Wildman–Crippen LogP) is 4.22. The highest BCUT2D eigenvalue weighted by Gasteiger charge is 2.18. The molecule has 158 valence electrons. The highest BCUT2D eigenvalue weighted by atomic mass is 32.2. The van der Waals surface area contributed by atoms with Gasteiger partial charge in [-0.1, -0.05) is 17.8 Å². The molecule has 30 heavy (non-hydrogen) atoms. The van der Waals surface area contributed by atoms with Gasteiger partial charge in [-0.15, -0.1) is 22.0 Å². The zero-order valence-electron chi connectivity index (χ0n) is 16.9. The third-order valence-electron chi connectivity index (χ3n) is 4.00. The number of nitrogens with one attached hydrogen (secondary N) is 1. The Labute approximate surface area is 182 Å². The van der Waals surface area contributed by atoms with Gasteiger partial charge in [-0.05, 0) is 36.6 Å². The number of methoxy groups -OCH3 is 3. The molecule has 0 aliphatic carbocycles. The monoisotopic (exact) mass is 447 g/mol. The van der Waals surface area contributed by atoms with Crippen molar-refractivity contribution in [2.24, 2.45) is 0 Å². The van der Waals surface area contributed by atoms with E-state index < -0.39 is 0 Å². The Morgan fingerprint density at radius 3 is 2.43 bits per heavy atom. The standard InChI is InChI=1S/C20H21N3O5S2/c1-25-15-8-12(9-16(26-2)18(15)27-3)19-22-23-20(28-19)30-11-17(24)21-13-6-5-7-14(10-13)29-4/h5-10H,11H2,1-4H3,(H,21,24). The number of benzene rings is 2. The molecule has 1 amide bonds. The molecular weight excluding hydrogens is 426 g/mol. The molecule has 0 atom stereocenters. The van der Waals surface area contributed by atoms with Gasteiger partial charge >= 0.3 is 0 Å². The van der Waals surface area contributed by atoms with Crippen molar-refractivity contribution in [1.29, 1.82) is 0 Å². The number of amides is 1. The zero-order valence-corrected chi connectivity index (χ0v) is 18.6. The van der Waals surface area contributed by atoms with Crippen LogP contribution in [0.3, 0.4) is 0 Å². The molecule has 1 N–H and O–H groups in total. The van der Waals surface area contributed by atoms with Crippen LogP contribution in [-0.4, -0.2) is 49.4 Å². The minimum absolute atomic E-state index is 0.139. The topological polar surface area (TPSA) is 95.7 Å². The molecule has 0 saturated carbocycles. The van der Waals surface area contributed by atoms with Crippen molar-refractivity contribution in [2.75, 3.05) is 38.7 Å². The van der Waals surface area contributed by atoms with Crippen molar-refractivity contribution >= 4 is 35.1 Å². The summed E-state index contributed by atoms with van der Waals surface area (Å²) in [6, 6.07) is 11.1. The minimum Gasteiger partial charge on any atom is -0.493 e. The number of anilines is 1. The van der Waals surface area contributed by atoms with E-state index >= 15 is 0 Å². The second-order valence-corrected chi connectivity index (χ2v) is 7.66. The average molecular weight is 448 g/mol. The molecule has 0 saturated heterocycles. The molecule has 1 aromatic heterocycles. The second-order valence-electron chi connectivity index (χ2n) is 5.86. The lowest BCUT2D eigenvalue weighted by Gasteiger charge is -2.12. The summed E-state index contributed by atoms with van der Waals surface area (Å²) in [5, 5.41) is 11.2. The van der Waals surface area contributed by atoms with E-state index in [4.69, 9.17) is 18.6 Å². The van der Waals surface area contributed by atoms with Crippen molar-refractivity contribution in [3.8, 4) is 28.7 Å². The predicted molar refractivity (Wildman–Crippen MR) is 117 cm³/mol. The number of nitrogens with zero attached hydrogens (tertiary/aromatic N) is 2. The Hall–Kier alpha value is -2.85. The van der Waals surface area contributed by atoms with Crippen molar-refractivity contribution in [3.05, 3.63) is 36.4 Å². The van der Waals surface area contributed by atoms with E-state index in [1.165, 1.54) is 21.3 Å². The van der Waals surface area contributed by atoms with Gasteiger partial charge in [0.2, 0.25) is 17.5 Å². The third-order valence-corrected chi connectivity index (χ3v) is 5.54. The molecule has 0 radical (unpaired) electrons. The van der Waals surface area contributed by atoms with E-state index in [0.717, 1.165) is 22.3 Å². The van der Waals surface area contributed by atoms with Gasteiger partial charge in [0.25, 0.3) is 5.22 Å². The van der Waals surface area contributed by atoms with Crippen molar-refractivity contribution < 1.29 is 23.4 Å². The molecule has 0 aliphatic heterocycles. The molecule has 0 unspecified atom stereocenters. The van der Waals surface area contributed by atoms with E-state index in [-0.39, 0.29) is 22.8 Å². The first-order chi connectivity index (χ1) is 14.6. The van der Waals surface area contributed by atoms with E-state index in [1.54, 1.807) is 23.9 Å². The average Bonchev–Trinajstić information content (AvgIpc) is 3.25. The molecule has 1 heterocycles. The second kappa shape index (κ2) is 10.3. The molecule has 2 aromatic carbocycles. The first-order valence-corrected chi connectivity index (χ1v) is 11.0. The maximum atomic E-state index is 12.2. The van der Waals surface area contributed by atoms with Crippen LogP contribution in [0.25, 0.3) is 11.5 Å². The first-order valence-electron chi connectivity index (χ1n) is 8.78. The summed E-state index contributed by atoms with van der Waals surface area (Å²) in [5.74, 6) is 1.69. The van der Waals surface area contributed by atoms with Crippen LogP contribution >= 0.6 is 23.5 Å². The number of carbonyl (C=O) groups excluding carboxylic acids is 1. The van der Waals surface area contributed by atoms with Crippen molar-refractivity contribution in [2.45, 2.75) is 10.1 Å². The highest BCUT2D eigenvalue weighted by molar-refractivity contribution is 7.99. The summed E-state index contributed by atoms with van der Waals surface area (Å²) in [6.07, 6.45) is 1.98. The van der Waals surface area contributed by atoms with Crippen LogP contribution in [0.5, 0.6) is 17.2 Å². The van der Waals surface area contributed by atoms with Gasteiger partial charge in [-0.3, -0.25) is 4.79 Å². The van der Waals surface area contributed by atoms with Gasteiger partial charge in [0.1, 0.15) is 0 Å². The fourth-order valence-corrected chi connectivity index (χ4v) is 3.64. The molecular formula is C20H21N3O5S2. The van der Waals surface area contributed by atoms with Crippen LogP contribution in [-0.2, 0) is 4.79 Å². The number of aromatic nitrogens is 2. The summed E-state index contributed by atoms with van der Waals surface area (Å²) in [4.78, 5) is 13.3. The minimum atomic E-state index is -0.161. The van der Waals surface area contributed by atoms with Crippen LogP contribution in [0.2, 0.25) is 0 Å². The zero-order chi connectivity index (χ0) is 21.5. The van der Waals surface area contributed by atoms with Crippen LogP contribution in [0.4, 0.5) is 5.69 Å². The Balaban J connectivity index is 1.67. The summed E-state index contributed by atoms with van der Waals surface area (Å²) in [5.41, 5.74) is 1.36. The van der Waals surface area contributed by atoms with E-state index in [1.807, 2.05) is 30.5 Å². The summed E-state index contributed by atoms with van der Waals surface area (Å²) < 4.78 is 21.7. The first kappa shape index (κ1) is 21.8. The van der Waals surface area contributed by atoms with Gasteiger partial charge in [0, 0.05) is 16.1 Å². The molecule has 0 fully saturated rings. The van der Waals surface area contributed by atoms with Crippen molar-refractivity contribution in [1.82, 2.24) is 10.2 Å². The molecule has 10 heteroatoms. The summed E-state index contributed by atoms with van der Waals surface area (Å²) >= 11 is 2.77. The summed E-state index contributed by atoms with van der Waals surface area (Å²) in [6.45, 7) is 0. The molecule has 3 aromatic rings. The van der Waals surface area contributed by atoms with E-state index in [2.05, 4.69) is 15.5 Å². The Morgan fingerprint density at radius 2 is 1.80 bits per heavy atom. The van der Waals surface area contributed by atoms with Crippen LogP contribution in [0.1, 0.15) is 0 Å². The van der Waals surface area contributed by atoms with Gasteiger partial charge in [0.05, 0.1) is 27.1 Å². The van der Waals surface area contributed by atoms with Gasteiger partial charge < -0.3 is 23.9 Å². The lowest BCUT2D eigenvalue weighted by atomic mass is 10.2. The van der Waals surface area contributed by atoms with E-state index in [9.17, 15) is 4.79 Å². The number of hydrogen-bond donors (Lipinski definition) is 1. The van der Waals surface area contributed by atoms with E-state index in [0.29, 0.717) is 22.8 Å². The third kappa shape index (κ3) is 5.19. The van der Waals surface area contributed by atoms with Crippen LogP contribution < -0.4 is 19.5 Å². The SMILES string of the molecule is COc1cc(-c2nnc(SCC(=O)Nc3cccc(SC)c3)o2)cc(OC)c1OC. The molecule has 3 rings (SSSR count). The highest BCUT2D eigenvalue weighted by Crippen LogP contribution is 2.41. The van der Waals surface area contributed by atoms with Gasteiger partial charge in [0.15, 0.2) is 11.5 Å². The number of carbonyl (C=O) groups is 1. The Kier molecular flexibility index (Phi) is 7.47. The number of thioether (sulfide) groups is 2. The molecule has 0 aliphatic rings. The number of rotatable bonds is 9. The molecule has 0 spiro atoms. The Morgan fingerprint density at radius 1 is 1.07 bits per heavy atom. The Bertz CT molecular complexity index is 1000. The largest absolute Gasteiger partial charge is 0.493 e. The fourth-order valence-electron chi connectivity index (χ4n) is 2.61. The quantitative estimate of drug-likeness (QED) is 0.484. The van der Waals surface area contributed by atoms with Crippen LogP contribution in [0.15, 0.2) is 50.9 Å². The maximum Gasteiger partial charge on any atom is 0.277 e. The number of hydrogen-bond acceptors (Lipinski definition) is 9. The maximum absolute atomic E-state index is 12.2. The van der Waals surface area contributed by atoms with Gasteiger partial charge in [-0.25, -0.2) is 0 Å². The summed E-state index contributed by atoms with van der Waals surface area (Å²) in [7, 11) is 4.59. The van der Waals surface area contributed by atoms with Crippen LogP contribution in [0, 0.1) is 0 Å². The van der Waals surface area contributed by atoms with Crippen molar-refractivity contribution in [3.63, 3.8) is 0 Å². The molecule has 0 bridgehead atoms. The fraction of sp³-hybridized carbons (Fsp3) is 0.250. The van der Waals surface area contributed by atoms with Gasteiger partial charge in [-0.2, -0.15) is 0 Å².